The minimum atomic E-state index is 0.539. The number of thiophene rings is 1. The molecule has 0 atom stereocenters. The van der Waals surface area contributed by atoms with E-state index in [0.717, 1.165) is 54.7 Å². The highest BCUT2D eigenvalue weighted by Crippen LogP contribution is 2.24. The molecule has 4 aromatic rings. The molecule has 6 nitrogen and oxygen atoms in total. The van der Waals surface area contributed by atoms with Crippen molar-refractivity contribution in [3.05, 3.63) is 70.0 Å². The topological polar surface area (TPSA) is 55.0 Å². The van der Waals surface area contributed by atoms with Crippen molar-refractivity contribution in [3.63, 3.8) is 0 Å². The van der Waals surface area contributed by atoms with Gasteiger partial charge in [0.05, 0.1) is 31.1 Å². The van der Waals surface area contributed by atoms with Crippen LogP contribution < -0.4 is 4.90 Å². The van der Waals surface area contributed by atoms with Crippen LogP contribution in [0.25, 0.3) is 16.9 Å². The Hall–Kier alpha value is -3.03. The maximum absolute atomic E-state index is 5.55. The second-order valence-electron chi connectivity index (χ2n) is 7.31. The van der Waals surface area contributed by atoms with Crippen LogP contribution in [0.1, 0.15) is 16.1 Å². The summed E-state index contributed by atoms with van der Waals surface area (Å²) in [7, 11) is 0. The van der Waals surface area contributed by atoms with Gasteiger partial charge in [-0.15, -0.1) is 11.3 Å². The van der Waals surface area contributed by atoms with E-state index in [4.69, 9.17) is 14.8 Å². The van der Waals surface area contributed by atoms with E-state index in [9.17, 15) is 0 Å². The molecule has 0 saturated carbocycles. The monoisotopic (exact) mass is 417 g/mol. The molecule has 1 aliphatic heterocycles. The predicted molar refractivity (Wildman–Crippen MR) is 122 cm³/mol. The molecular weight excluding hydrogens is 394 g/mol. The van der Waals surface area contributed by atoms with E-state index in [1.54, 1.807) is 11.3 Å². The first-order valence-corrected chi connectivity index (χ1v) is 11.0. The van der Waals surface area contributed by atoms with Gasteiger partial charge in [-0.2, -0.15) is 9.61 Å². The number of aliphatic imine (C=N–C) groups is 1. The Morgan fingerprint density at radius 2 is 1.97 bits per heavy atom. The van der Waals surface area contributed by atoms with Crippen molar-refractivity contribution in [3.8, 4) is 11.3 Å². The lowest BCUT2D eigenvalue weighted by atomic mass is 10.2. The van der Waals surface area contributed by atoms with Crippen LogP contribution in [0.4, 0.5) is 5.82 Å². The molecule has 4 heterocycles. The molecule has 0 radical (unpaired) electrons. The fourth-order valence-electron chi connectivity index (χ4n) is 3.60. The van der Waals surface area contributed by atoms with E-state index in [1.165, 1.54) is 10.4 Å². The Bertz CT molecular complexity index is 1180. The number of rotatable bonds is 5. The number of hydrogen-bond donors (Lipinski definition) is 0. The van der Waals surface area contributed by atoms with E-state index in [1.807, 2.05) is 28.9 Å². The fourth-order valence-corrected chi connectivity index (χ4v) is 4.40. The molecule has 0 N–H and O–H groups in total. The number of aromatic nitrogens is 3. The Kier molecular flexibility index (Phi) is 5.29. The van der Waals surface area contributed by atoms with Crippen LogP contribution in [-0.4, -0.2) is 47.1 Å². The lowest BCUT2D eigenvalue weighted by Gasteiger charge is -2.29. The maximum atomic E-state index is 5.55. The van der Waals surface area contributed by atoms with Crippen molar-refractivity contribution in [2.75, 3.05) is 31.2 Å². The van der Waals surface area contributed by atoms with Gasteiger partial charge in [0.15, 0.2) is 5.65 Å². The summed E-state index contributed by atoms with van der Waals surface area (Å²) in [6, 6.07) is 16.5. The molecule has 1 aliphatic rings. The lowest BCUT2D eigenvalue weighted by Crippen LogP contribution is -2.37. The SMILES string of the molecule is Cc1ccsc1C=NCc1cc(N2CCOCC2)n2nc(-c3ccccc3)cc2n1. The van der Waals surface area contributed by atoms with E-state index in [0.29, 0.717) is 6.54 Å². The molecule has 7 heteroatoms. The molecule has 3 aromatic heterocycles. The second-order valence-corrected chi connectivity index (χ2v) is 8.26. The Balaban J connectivity index is 1.52. The van der Waals surface area contributed by atoms with Gasteiger partial charge in [0.2, 0.25) is 0 Å². The summed E-state index contributed by atoms with van der Waals surface area (Å²) in [4.78, 5) is 13.0. The van der Waals surface area contributed by atoms with E-state index < -0.39 is 0 Å². The van der Waals surface area contributed by atoms with Crippen LogP contribution in [0.15, 0.2) is 58.9 Å². The van der Waals surface area contributed by atoms with Crippen molar-refractivity contribution in [1.29, 1.82) is 0 Å². The van der Waals surface area contributed by atoms with Crippen molar-refractivity contribution in [1.82, 2.24) is 14.6 Å². The van der Waals surface area contributed by atoms with Gasteiger partial charge in [0.25, 0.3) is 0 Å². The molecule has 30 heavy (non-hydrogen) atoms. The fraction of sp³-hybridized carbons (Fsp3) is 0.261. The number of benzene rings is 1. The van der Waals surface area contributed by atoms with E-state index in [-0.39, 0.29) is 0 Å². The highest BCUT2D eigenvalue weighted by molar-refractivity contribution is 7.11. The zero-order chi connectivity index (χ0) is 20.3. The zero-order valence-corrected chi connectivity index (χ0v) is 17.7. The molecule has 0 bridgehead atoms. The quantitative estimate of drug-likeness (QED) is 0.456. The number of aryl methyl sites for hydroxylation is 1. The van der Waals surface area contributed by atoms with Gasteiger partial charge in [0.1, 0.15) is 5.82 Å². The number of nitrogens with zero attached hydrogens (tertiary/aromatic N) is 5. The van der Waals surface area contributed by atoms with Crippen LogP contribution in [-0.2, 0) is 11.3 Å². The number of morpholine rings is 1. The van der Waals surface area contributed by atoms with Gasteiger partial charge in [-0.05, 0) is 23.9 Å². The maximum Gasteiger partial charge on any atom is 0.158 e. The first-order chi connectivity index (χ1) is 14.8. The van der Waals surface area contributed by atoms with Crippen LogP contribution in [0.2, 0.25) is 0 Å². The summed E-state index contributed by atoms with van der Waals surface area (Å²) in [5.41, 5.74) is 5.05. The first-order valence-electron chi connectivity index (χ1n) is 10.1. The summed E-state index contributed by atoms with van der Waals surface area (Å²) in [5, 5.41) is 6.96. The third kappa shape index (κ3) is 3.86. The molecule has 1 fully saturated rings. The zero-order valence-electron chi connectivity index (χ0n) is 16.9. The van der Waals surface area contributed by atoms with Crippen LogP contribution in [0, 0.1) is 6.92 Å². The second kappa shape index (κ2) is 8.38. The normalized spacial score (nSPS) is 14.8. The molecule has 1 saturated heterocycles. The number of hydrogen-bond acceptors (Lipinski definition) is 6. The highest BCUT2D eigenvalue weighted by Gasteiger charge is 2.18. The molecule has 0 unspecified atom stereocenters. The number of fused-ring (bicyclic) bond motifs is 1. The van der Waals surface area contributed by atoms with Gasteiger partial charge in [-0.1, -0.05) is 30.3 Å². The molecule has 0 spiro atoms. The van der Waals surface area contributed by atoms with Crippen molar-refractivity contribution in [2.45, 2.75) is 13.5 Å². The molecule has 0 amide bonds. The molecule has 1 aromatic carbocycles. The minimum absolute atomic E-state index is 0.539. The third-order valence-electron chi connectivity index (χ3n) is 5.23. The smallest absolute Gasteiger partial charge is 0.158 e. The molecular formula is C23H23N5OS. The predicted octanol–water partition coefficient (Wildman–Crippen LogP) is 4.22. The number of anilines is 1. The lowest BCUT2D eigenvalue weighted by molar-refractivity contribution is 0.122. The van der Waals surface area contributed by atoms with Crippen LogP contribution >= 0.6 is 11.3 Å². The summed E-state index contributed by atoms with van der Waals surface area (Å²) in [6.07, 6.45) is 1.95. The largest absolute Gasteiger partial charge is 0.378 e. The summed E-state index contributed by atoms with van der Waals surface area (Å²) in [6.45, 7) is 5.78. The van der Waals surface area contributed by atoms with E-state index >= 15 is 0 Å². The van der Waals surface area contributed by atoms with Crippen molar-refractivity contribution >= 4 is 29.0 Å². The average molecular weight is 418 g/mol. The van der Waals surface area contributed by atoms with Gasteiger partial charge in [-0.25, -0.2) is 4.98 Å². The van der Waals surface area contributed by atoms with Gasteiger partial charge >= 0.3 is 0 Å². The van der Waals surface area contributed by atoms with Crippen molar-refractivity contribution in [2.24, 2.45) is 4.99 Å². The van der Waals surface area contributed by atoms with Gasteiger partial charge in [-0.3, -0.25) is 4.99 Å². The first kappa shape index (κ1) is 19.0. The standard InChI is InChI=1S/C23H23N5OS/c1-17-7-12-30-21(17)16-24-15-19-13-23(27-8-10-29-11-9-27)28-22(25-19)14-20(26-28)18-5-3-2-4-6-18/h2-7,12-14,16H,8-11,15H2,1H3. The summed E-state index contributed by atoms with van der Waals surface area (Å²) in [5.74, 6) is 1.04. The molecule has 0 aliphatic carbocycles. The van der Waals surface area contributed by atoms with Gasteiger partial charge < -0.3 is 9.64 Å². The minimum Gasteiger partial charge on any atom is -0.378 e. The molecule has 152 valence electrons. The Labute approximate surface area is 179 Å². The third-order valence-corrected chi connectivity index (χ3v) is 6.18. The van der Waals surface area contributed by atoms with E-state index in [2.05, 4.69) is 52.5 Å². The average Bonchev–Trinajstić information content (AvgIpc) is 3.40. The van der Waals surface area contributed by atoms with Crippen LogP contribution in [0.5, 0.6) is 0 Å². The Morgan fingerprint density at radius 1 is 1.13 bits per heavy atom. The van der Waals surface area contributed by atoms with Crippen molar-refractivity contribution < 1.29 is 4.74 Å². The summed E-state index contributed by atoms with van der Waals surface area (Å²) < 4.78 is 7.49. The summed E-state index contributed by atoms with van der Waals surface area (Å²) >= 11 is 1.71. The van der Waals surface area contributed by atoms with Gasteiger partial charge in [0, 0.05) is 41.9 Å². The highest BCUT2D eigenvalue weighted by atomic mass is 32.1. The Morgan fingerprint density at radius 3 is 2.73 bits per heavy atom. The molecule has 5 rings (SSSR count). The number of ether oxygens (including phenoxy) is 1. The van der Waals surface area contributed by atoms with Crippen LogP contribution in [0.3, 0.4) is 0 Å².